The second-order valence-electron chi connectivity index (χ2n) is 1.55. The van der Waals surface area contributed by atoms with Crippen LogP contribution >= 0.6 is 0 Å². The number of aliphatic hydroxyl groups excluding tert-OH is 1. The summed E-state index contributed by atoms with van der Waals surface area (Å²) in [6.07, 6.45) is 1.81. The Hall–Kier alpha value is -0.990. The van der Waals surface area contributed by atoms with Crippen LogP contribution in [0.4, 0.5) is 0 Å². The van der Waals surface area contributed by atoms with Crippen LogP contribution < -0.4 is 0 Å². The summed E-state index contributed by atoms with van der Waals surface area (Å²) in [5.41, 5.74) is 0. The van der Waals surface area contributed by atoms with Gasteiger partial charge in [0.15, 0.2) is 0 Å². The van der Waals surface area contributed by atoms with Crippen molar-refractivity contribution in [1.82, 2.24) is 4.90 Å². The van der Waals surface area contributed by atoms with Crippen LogP contribution in [-0.2, 0) is 4.79 Å². The van der Waals surface area contributed by atoms with Crippen LogP contribution in [0.1, 0.15) is 0 Å². The van der Waals surface area contributed by atoms with E-state index in [4.69, 9.17) is 5.11 Å². The van der Waals surface area contributed by atoms with Gasteiger partial charge in [0.1, 0.15) is 0 Å². The summed E-state index contributed by atoms with van der Waals surface area (Å²) in [7, 11) is 3.23. The molecule has 0 aliphatic rings. The van der Waals surface area contributed by atoms with Crippen molar-refractivity contribution in [2.45, 2.75) is 0 Å². The number of hydrogen-bond acceptors (Lipinski definition) is 2. The third kappa shape index (κ3) is 2.23. The van der Waals surface area contributed by atoms with Gasteiger partial charge in [0.05, 0.1) is 6.26 Å². The number of carbonyl (C=O) groups excluding carboxylic acids is 1. The van der Waals surface area contributed by atoms with Crippen LogP contribution in [0.2, 0.25) is 0 Å². The lowest BCUT2D eigenvalue weighted by molar-refractivity contribution is -0.123. The summed E-state index contributed by atoms with van der Waals surface area (Å²) in [5, 5.41) is 8.06. The van der Waals surface area contributed by atoms with E-state index in [1.54, 1.807) is 14.1 Å². The summed E-state index contributed by atoms with van der Waals surface area (Å²) in [4.78, 5) is 11.8. The molecule has 3 nitrogen and oxygen atoms in total. The van der Waals surface area contributed by atoms with Gasteiger partial charge in [-0.1, -0.05) is 0 Å². The molecule has 0 saturated heterocycles. The lowest BCUT2D eigenvalue weighted by Gasteiger charge is -2.03. The van der Waals surface area contributed by atoms with Gasteiger partial charge >= 0.3 is 0 Å². The highest BCUT2D eigenvalue weighted by Crippen LogP contribution is 1.77. The third-order valence-electron chi connectivity index (χ3n) is 0.658. The average Bonchev–Trinajstić information content (AvgIpc) is 1.67. The number of aliphatic hydroxyl groups is 1. The molecule has 1 amide bonds. The lowest BCUT2D eigenvalue weighted by Crippen LogP contribution is -2.18. The maximum absolute atomic E-state index is 10.4. The molecule has 1 N–H and O–H groups in total. The maximum atomic E-state index is 10.4. The number of hydrogen-bond donors (Lipinski definition) is 1. The zero-order valence-corrected chi connectivity index (χ0v) is 4.96. The van der Waals surface area contributed by atoms with Crippen molar-refractivity contribution < 1.29 is 9.90 Å². The molecular formula is C5H9NO2. The van der Waals surface area contributed by atoms with E-state index in [-0.39, 0.29) is 5.91 Å². The second kappa shape index (κ2) is 3.07. The summed E-state index contributed by atoms with van der Waals surface area (Å²) >= 11 is 0. The van der Waals surface area contributed by atoms with Gasteiger partial charge in [-0.3, -0.25) is 4.79 Å². The van der Waals surface area contributed by atoms with Crippen LogP contribution in [0, 0.1) is 0 Å². The number of rotatable bonds is 1. The van der Waals surface area contributed by atoms with E-state index < -0.39 is 0 Å². The fourth-order valence-corrected chi connectivity index (χ4v) is 0.213. The van der Waals surface area contributed by atoms with E-state index in [1.807, 2.05) is 0 Å². The molecule has 0 fully saturated rings. The fourth-order valence-electron chi connectivity index (χ4n) is 0.213. The molecule has 0 bridgehead atoms. The predicted octanol–water partition coefficient (Wildman–Crippen LogP) is 0.146. The summed E-state index contributed by atoms with van der Waals surface area (Å²) in [6, 6.07) is 0. The third-order valence-corrected chi connectivity index (χ3v) is 0.658. The minimum Gasteiger partial charge on any atom is -0.515 e. The van der Waals surface area contributed by atoms with Crippen LogP contribution in [0.5, 0.6) is 0 Å². The van der Waals surface area contributed by atoms with Crippen LogP contribution in [-0.4, -0.2) is 30.0 Å². The Morgan fingerprint density at radius 1 is 1.62 bits per heavy atom. The molecule has 0 aromatic carbocycles. The molecular weight excluding hydrogens is 106 g/mol. The molecule has 0 spiro atoms. The number of amides is 1. The van der Waals surface area contributed by atoms with Crippen molar-refractivity contribution >= 4 is 5.91 Å². The Labute approximate surface area is 48.2 Å². The van der Waals surface area contributed by atoms with E-state index in [0.29, 0.717) is 0 Å². The van der Waals surface area contributed by atoms with Crippen molar-refractivity contribution in [3.63, 3.8) is 0 Å². The quantitative estimate of drug-likeness (QED) is 0.390. The molecule has 0 aromatic rings. The van der Waals surface area contributed by atoms with Crippen LogP contribution in [0.15, 0.2) is 12.3 Å². The summed E-state index contributed by atoms with van der Waals surface area (Å²) < 4.78 is 0. The normalized spacial score (nSPS) is 9.75. The minimum absolute atomic E-state index is 0.215. The first kappa shape index (κ1) is 7.01. The van der Waals surface area contributed by atoms with Crippen molar-refractivity contribution in [2.24, 2.45) is 0 Å². The van der Waals surface area contributed by atoms with E-state index in [2.05, 4.69) is 0 Å². The number of likely N-dealkylation sites (N-methyl/N-ethyl adjacent to an activating group) is 1. The van der Waals surface area contributed by atoms with Crippen molar-refractivity contribution in [2.75, 3.05) is 14.1 Å². The molecule has 8 heavy (non-hydrogen) atoms. The Morgan fingerprint density at radius 3 is 2.25 bits per heavy atom. The SMILES string of the molecule is CN(C)C(=O)C=CO. The van der Waals surface area contributed by atoms with E-state index in [1.165, 1.54) is 4.90 Å². The van der Waals surface area contributed by atoms with Gasteiger partial charge in [0, 0.05) is 20.2 Å². The summed E-state index contributed by atoms with van der Waals surface area (Å²) in [6.45, 7) is 0. The Morgan fingerprint density at radius 2 is 2.12 bits per heavy atom. The molecule has 0 saturated carbocycles. The highest BCUT2D eigenvalue weighted by Gasteiger charge is 1.93. The first-order chi connectivity index (χ1) is 3.68. The topological polar surface area (TPSA) is 40.5 Å². The first-order valence-electron chi connectivity index (χ1n) is 2.20. The van der Waals surface area contributed by atoms with Gasteiger partial charge < -0.3 is 10.0 Å². The molecule has 0 heterocycles. The van der Waals surface area contributed by atoms with E-state index >= 15 is 0 Å². The van der Waals surface area contributed by atoms with Crippen molar-refractivity contribution in [3.8, 4) is 0 Å². The molecule has 0 atom stereocenters. The Bertz CT molecular complexity index is 107. The molecule has 0 aliphatic carbocycles. The zero-order chi connectivity index (χ0) is 6.57. The first-order valence-corrected chi connectivity index (χ1v) is 2.20. The minimum atomic E-state index is -0.215. The molecule has 0 aromatic heterocycles. The van der Waals surface area contributed by atoms with Crippen LogP contribution in [0.25, 0.3) is 0 Å². The Balaban J connectivity index is 3.66. The Kier molecular flexibility index (Phi) is 2.69. The molecule has 0 rings (SSSR count). The lowest BCUT2D eigenvalue weighted by atomic mass is 10.5. The fraction of sp³-hybridized carbons (Fsp3) is 0.400. The molecule has 0 aliphatic heterocycles. The average molecular weight is 115 g/mol. The standard InChI is InChI=1S/C5H9NO2/c1-6(2)5(8)3-4-7/h3-4,7H,1-2H3. The number of carbonyl (C=O) groups is 1. The van der Waals surface area contributed by atoms with Gasteiger partial charge in [-0.15, -0.1) is 0 Å². The predicted molar refractivity (Wildman–Crippen MR) is 30.5 cm³/mol. The number of nitrogens with zero attached hydrogens (tertiary/aromatic N) is 1. The van der Waals surface area contributed by atoms with Gasteiger partial charge in [-0.05, 0) is 0 Å². The zero-order valence-electron chi connectivity index (χ0n) is 4.96. The van der Waals surface area contributed by atoms with Gasteiger partial charge in [0.2, 0.25) is 5.91 Å². The molecule has 0 unspecified atom stereocenters. The largest absolute Gasteiger partial charge is 0.515 e. The van der Waals surface area contributed by atoms with E-state index in [9.17, 15) is 4.79 Å². The van der Waals surface area contributed by atoms with Crippen LogP contribution in [0.3, 0.4) is 0 Å². The van der Waals surface area contributed by atoms with E-state index in [0.717, 1.165) is 12.3 Å². The monoisotopic (exact) mass is 115 g/mol. The van der Waals surface area contributed by atoms with Crippen molar-refractivity contribution in [3.05, 3.63) is 12.3 Å². The van der Waals surface area contributed by atoms with Crippen molar-refractivity contribution in [1.29, 1.82) is 0 Å². The molecule has 0 radical (unpaired) electrons. The maximum Gasteiger partial charge on any atom is 0.249 e. The van der Waals surface area contributed by atoms with Gasteiger partial charge in [0.25, 0.3) is 0 Å². The highest BCUT2D eigenvalue weighted by molar-refractivity contribution is 5.86. The smallest absolute Gasteiger partial charge is 0.249 e. The molecule has 46 valence electrons. The second-order valence-corrected chi connectivity index (χ2v) is 1.55. The van der Waals surface area contributed by atoms with Gasteiger partial charge in [-0.2, -0.15) is 0 Å². The molecule has 3 heteroatoms. The van der Waals surface area contributed by atoms with Gasteiger partial charge in [-0.25, -0.2) is 0 Å². The highest BCUT2D eigenvalue weighted by atomic mass is 16.2. The summed E-state index contributed by atoms with van der Waals surface area (Å²) in [5.74, 6) is -0.215.